The second-order valence-electron chi connectivity index (χ2n) is 8.47. The number of methoxy groups -OCH3 is 1. The molecule has 38 heavy (non-hydrogen) atoms. The summed E-state index contributed by atoms with van der Waals surface area (Å²) in [6, 6.07) is 20.4. The molecule has 1 aliphatic heterocycles. The van der Waals surface area contributed by atoms with E-state index in [1.807, 2.05) is 37.3 Å². The molecule has 4 rings (SSSR count). The number of thioether (sulfide) groups is 1. The van der Waals surface area contributed by atoms with E-state index in [4.69, 9.17) is 9.15 Å². The number of amides is 2. The van der Waals surface area contributed by atoms with Gasteiger partial charge in [-0.05, 0) is 49.2 Å². The molecule has 0 spiro atoms. The van der Waals surface area contributed by atoms with Gasteiger partial charge in [-0.2, -0.15) is 5.26 Å². The van der Waals surface area contributed by atoms with Crippen LogP contribution in [-0.2, 0) is 16.0 Å². The number of para-hydroxylation sites is 3. The molecule has 1 aromatic heterocycles. The monoisotopic (exact) mass is 528 g/mol. The average molecular weight is 529 g/mol. The largest absolute Gasteiger partial charge is 0.495 e. The number of anilines is 2. The highest BCUT2D eigenvalue weighted by Crippen LogP contribution is 2.41. The first-order valence-corrected chi connectivity index (χ1v) is 13.1. The number of furan rings is 1. The number of rotatable bonds is 9. The lowest BCUT2D eigenvalue weighted by atomic mass is 9.85. The molecule has 0 saturated carbocycles. The first-order chi connectivity index (χ1) is 18.5. The summed E-state index contributed by atoms with van der Waals surface area (Å²) in [6.45, 7) is 3.79. The van der Waals surface area contributed by atoms with E-state index in [1.165, 1.54) is 25.1 Å². The van der Waals surface area contributed by atoms with Gasteiger partial charge in [0.05, 0.1) is 53.0 Å². The van der Waals surface area contributed by atoms with Crippen molar-refractivity contribution in [3.63, 3.8) is 0 Å². The second-order valence-corrected chi connectivity index (χ2v) is 9.45. The Labute approximate surface area is 225 Å². The van der Waals surface area contributed by atoms with E-state index >= 15 is 0 Å². The van der Waals surface area contributed by atoms with Gasteiger partial charge in [0.15, 0.2) is 0 Å². The first-order valence-electron chi connectivity index (χ1n) is 12.1. The van der Waals surface area contributed by atoms with E-state index in [9.17, 15) is 14.9 Å². The van der Waals surface area contributed by atoms with Gasteiger partial charge < -0.3 is 25.1 Å². The van der Waals surface area contributed by atoms with E-state index in [0.29, 0.717) is 39.1 Å². The van der Waals surface area contributed by atoms with Crippen molar-refractivity contribution in [1.82, 2.24) is 5.32 Å². The Morgan fingerprint density at radius 2 is 1.82 bits per heavy atom. The van der Waals surface area contributed by atoms with Crippen LogP contribution in [0.25, 0.3) is 0 Å². The molecular formula is C29H28N4O4S. The summed E-state index contributed by atoms with van der Waals surface area (Å²) in [7, 11) is 1.53. The number of aryl methyl sites for hydroxylation is 1. The lowest BCUT2D eigenvalue weighted by Crippen LogP contribution is -2.31. The van der Waals surface area contributed by atoms with Crippen LogP contribution in [0.15, 0.2) is 93.2 Å². The molecular weight excluding hydrogens is 500 g/mol. The highest BCUT2D eigenvalue weighted by atomic mass is 32.2. The molecule has 194 valence electrons. The number of nitrogens with one attached hydrogen (secondary N) is 3. The fourth-order valence-electron chi connectivity index (χ4n) is 4.28. The Morgan fingerprint density at radius 1 is 1.08 bits per heavy atom. The molecule has 2 amide bonds. The molecule has 1 aliphatic rings. The minimum absolute atomic E-state index is 0.0759. The number of carbonyl (C=O) groups excluding carboxylic acids is 2. The Bertz CT molecular complexity index is 1440. The van der Waals surface area contributed by atoms with E-state index in [2.05, 4.69) is 22.0 Å². The molecule has 0 aliphatic carbocycles. The topological polar surface area (TPSA) is 116 Å². The van der Waals surface area contributed by atoms with Crippen LogP contribution in [-0.4, -0.2) is 24.7 Å². The Kier molecular flexibility index (Phi) is 8.56. The zero-order valence-corrected chi connectivity index (χ0v) is 22.1. The minimum Gasteiger partial charge on any atom is -0.495 e. The quantitative estimate of drug-likeness (QED) is 0.333. The summed E-state index contributed by atoms with van der Waals surface area (Å²) in [5.74, 6) is -0.304. The third kappa shape index (κ3) is 5.76. The predicted octanol–water partition coefficient (Wildman–Crippen LogP) is 5.56. The number of hydrogen-bond acceptors (Lipinski definition) is 7. The maximum atomic E-state index is 13.5. The standard InChI is InChI=1S/C29H28N4O4S/c1-4-19-10-5-6-11-21(19)32-25(34)17-38-29-20(16-30)27(24-14-9-15-37-24)26(18(2)31-29)28(35)33-22-12-7-8-13-23(22)36-3/h5-15,27,31H,4,17H2,1-3H3,(H,32,34)(H,33,35). The number of nitrogens with zero attached hydrogens (tertiary/aromatic N) is 1. The smallest absolute Gasteiger partial charge is 0.254 e. The Hall–Kier alpha value is -4.42. The highest BCUT2D eigenvalue weighted by Gasteiger charge is 2.36. The average Bonchev–Trinajstić information content (AvgIpc) is 3.46. The van der Waals surface area contributed by atoms with Gasteiger partial charge in [-0.15, -0.1) is 0 Å². The molecule has 0 saturated heterocycles. The number of allylic oxidation sites excluding steroid dienone is 2. The van der Waals surface area contributed by atoms with Crippen LogP contribution in [0.5, 0.6) is 5.75 Å². The van der Waals surface area contributed by atoms with E-state index in [0.717, 1.165) is 17.7 Å². The number of ether oxygens (including phenoxy) is 1. The Balaban J connectivity index is 1.59. The second kappa shape index (κ2) is 12.2. The van der Waals surface area contributed by atoms with Crippen molar-refractivity contribution in [2.24, 2.45) is 0 Å². The summed E-state index contributed by atoms with van der Waals surface area (Å²) < 4.78 is 11.0. The van der Waals surface area contributed by atoms with Gasteiger partial charge in [-0.3, -0.25) is 9.59 Å². The van der Waals surface area contributed by atoms with Crippen LogP contribution in [0, 0.1) is 11.3 Å². The Morgan fingerprint density at radius 3 is 2.50 bits per heavy atom. The molecule has 1 unspecified atom stereocenters. The van der Waals surface area contributed by atoms with E-state index in [-0.39, 0.29) is 11.7 Å². The van der Waals surface area contributed by atoms with Crippen LogP contribution >= 0.6 is 11.8 Å². The fourth-order valence-corrected chi connectivity index (χ4v) is 5.17. The molecule has 3 N–H and O–H groups in total. The van der Waals surface area contributed by atoms with E-state index < -0.39 is 11.8 Å². The SMILES string of the molecule is CCc1ccccc1NC(=O)CSC1=C(C#N)C(c2ccco2)C(C(=O)Nc2ccccc2OC)=C(C)N1. The van der Waals surface area contributed by atoms with Crippen molar-refractivity contribution >= 4 is 35.0 Å². The molecule has 9 heteroatoms. The van der Waals surface area contributed by atoms with Gasteiger partial charge in [-0.25, -0.2) is 0 Å². The molecule has 1 atom stereocenters. The molecule has 0 radical (unpaired) electrons. The van der Waals surface area contributed by atoms with Gasteiger partial charge >= 0.3 is 0 Å². The maximum Gasteiger partial charge on any atom is 0.254 e. The van der Waals surface area contributed by atoms with Gasteiger partial charge in [-0.1, -0.05) is 49.0 Å². The number of carbonyl (C=O) groups is 2. The van der Waals surface area contributed by atoms with Crippen molar-refractivity contribution in [2.75, 3.05) is 23.5 Å². The fraction of sp³-hybridized carbons (Fsp3) is 0.207. The molecule has 2 aromatic carbocycles. The summed E-state index contributed by atoms with van der Waals surface area (Å²) in [5.41, 5.74) is 3.50. The number of benzene rings is 2. The lowest BCUT2D eigenvalue weighted by Gasteiger charge is -2.28. The van der Waals surface area contributed by atoms with Gasteiger partial charge in [0.1, 0.15) is 11.5 Å². The van der Waals surface area contributed by atoms with Crippen LogP contribution in [0.1, 0.15) is 31.1 Å². The number of dihydropyridines is 1. The van der Waals surface area contributed by atoms with Crippen molar-refractivity contribution in [1.29, 1.82) is 5.26 Å². The lowest BCUT2D eigenvalue weighted by molar-refractivity contribution is -0.114. The summed E-state index contributed by atoms with van der Waals surface area (Å²) in [6.07, 6.45) is 2.30. The normalized spacial score (nSPS) is 14.9. The van der Waals surface area contributed by atoms with Crippen molar-refractivity contribution < 1.29 is 18.7 Å². The molecule has 8 nitrogen and oxygen atoms in total. The summed E-state index contributed by atoms with van der Waals surface area (Å²) in [5, 5.41) is 19.7. The maximum absolute atomic E-state index is 13.5. The summed E-state index contributed by atoms with van der Waals surface area (Å²) in [4.78, 5) is 26.3. The predicted molar refractivity (Wildman–Crippen MR) is 148 cm³/mol. The molecule has 3 aromatic rings. The molecule has 2 heterocycles. The van der Waals surface area contributed by atoms with Gasteiger partial charge in [0.25, 0.3) is 5.91 Å². The number of nitriles is 1. The van der Waals surface area contributed by atoms with Crippen LogP contribution in [0.3, 0.4) is 0 Å². The van der Waals surface area contributed by atoms with Gasteiger partial charge in [0.2, 0.25) is 5.91 Å². The van der Waals surface area contributed by atoms with Crippen molar-refractivity contribution in [3.05, 3.63) is 100 Å². The van der Waals surface area contributed by atoms with Crippen LogP contribution in [0.4, 0.5) is 11.4 Å². The zero-order valence-electron chi connectivity index (χ0n) is 21.3. The van der Waals surface area contributed by atoms with Crippen LogP contribution < -0.4 is 20.7 Å². The summed E-state index contributed by atoms with van der Waals surface area (Å²) >= 11 is 1.21. The third-order valence-corrected chi connectivity index (χ3v) is 7.11. The first kappa shape index (κ1) is 26.6. The van der Waals surface area contributed by atoms with E-state index in [1.54, 1.807) is 37.3 Å². The third-order valence-electron chi connectivity index (χ3n) is 6.09. The van der Waals surface area contributed by atoms with Crippen molar-refractivity contribution in [2.45, 2.75) is 26.2 Å². The number of hydrogen-bond donors (Lipinski definition) is 3. The highest BCUT2D eigenvalue weighted by molar-refractivity contribution is 8.03. The molecule has 0 fully saturated rings. The van der Waals surface area contributed by atoms with Crippen LogP contribution in [0.2, 0.25) is 0 Å². The van der Waals surface area contributed by atoms with Gasteiger partial charge in [0, 0.05) is 11.4 Å². The van der Waals surface area contributed by atoms with Crippen molar-refractivity contribution in [3.8, 4) is 11.8 Å². The minimum atomic E-state index is -0.752. The zero-order chi connectivity index (χ0) is 27.1. The molecule has 0 bridgehead atoms.